The van der Waals surface area contributed by atoms with Gasteiger partial charge in [-0.05, 0) is 29.8 Å². The molecule has 3 rings (SSSR count). The third kappa shape index (κ3) is 4.34. The standard InChI is InChI=1S/C18H15N5O4/c24-13-4-6-19-10-12(13)17(26)22-9-11-3-7-20-15(8-11)23-18(27)16-14(25)2-1-5-21-16/h1-8,10,25H,9H2,(H,19,24)(H,22,26)(H,20,23,27). The summed E-state index contributed by atoms with van der Waals surface area (Å²) in [4.78, 5) is 46.4. The van der Waals surface area contributed by atoms with Crippen LogP contribution in [0.2, 0.25) is 0 Å². The van der Waals surface area contributed by atoms with Crippen molar-refractivity contribution in [1.29, 1.82) is 0 Å². The molecule has 0 fully saturated rings. The first-order valence-corrected chi connectivity index (χ1v) is 7.90. The van der Waals surface area contributed by atoms with Gasteiger partial charge in [0.2, 0.25) is 0 Å². The number of amides is 2. The van der Waals surface area contributed by atoms with Crippen LogP contribution in [0.3, 0.4) is 0 Å². The molecule has 0 saturated carbocycles. The third-order valence-corrected chi connectivity index (χ3v) is 3.59. The summed E-state index contributed by atoms with van der Waals surface area (Å²) >= 11 is 0. The van der Waals surface area contributed by atoms with Crippen LogP contribution in [0, 0.1) is 0 Å². The average Bonchev–Trinajstić information content (AvgIpc) is 2.67. The molecule has 27 heavy (non-hydrogen) atoms. The van der Waals surface area contributed by atoms with Crippen LogP contribution < -0.4 is 16.1 Å². The van der Waals surface area contributed by atoms with Crippen molar-refractivity contribution in [2.75, 3.05) is 5.32 Å². The maximum atomic E-state index is 12.2. The summed E-state index contributed by atoms with van der Waals surface area (Å²) in [6.07, 6.45) is 5.62. The monoisotopic (exact) mass is 365 g/mol. The molecule has 0 unspecified atom stereocenters. The lowest BCUT2D eigenvalue weighted by atomic mass is 10.2. The second-order valence-corrected chi connectivity index (χ2v) is 5.48. The molecule has 0 aliphatic carbocycles. The maximum absolute atomic E-state index is 12.2. The van der Waals surface area contributed by atoms with Gasteiger partial charge < -0.3 is 20.7 Å². The highest BCUT2D eigenvalue weighted by Gasteiger charge is 2.13. The first-order valence-electron chi connectivity index (χ1n) is 7.90. The lowest BCUT2D eigenvalue weighted by Crippen LogP contribution is -2.28. The molecule has 136 valence electrons. The number of carbonyl (C=O) groups excluding carboxylic acids is 2. The van der Waals surface area contributed by atoms with Crippen molar-refractivity contribution in [3.8, 4) is 5.75 Å². The lowest BCUT2D eigenvalue weighted by Gasteiger charge is -2.08. The molecule has 0 atom stereocenters. The van der Waals surface area contributed by atoms with Crippen LogP contribution in [0.1, 0.15) is 26.4 Å². The van der Waals surface area contributed by atoms with E-state index in [1.54, 1.807) is 12.1 Å². The predicted octanol–water partition coefficient (Wildman–Crippen LogP) is 1.05. The molecule has 9 nitrogen and oxygen atoms in total. The van der Waals surface area contributed by atoms with Gasteiger partial charge in [0.15, 0.2) is 11.1 Å². The number of anilines is 1. The number of H-pyrrole nitrogens is 1. The fourth-order valence-corrected chi connectivity index (χ4v) is 2.27. The van der Waals surface area contributed by atoms with E-state index in [1.807, 2.05) is 0 Å². The fraction of sp³-hybridized carbons (Fsp3) is 0.0556. The number of carbonyl (C=O) groups is 2. The molecule has 3 heterocycles. The number of pyridine rings is 3. The van der Waals surface area contributed by atoms with E-state index < -0.39 is 11.8 Å². The van der Waals surface area contributed by atoms with Gasteiger partial charge in [0.1, 0.15) is 17.1 Å². The normalized spacial score (nSPS) is 10.2. The zero-order valence-corrected chi connectivity index (χ0v) is 14.0. The SMILES string of the molecule is O=C(Nc1cc(CNC(=O)c2c[nH]ccc2=O)ccn1)c1ncccc1O. The number of nitrogens with zero attached hydrogens (tertiary/aromatic N) is 2. The smallest absolute Gasteiger partial charge is 0.279 e. The van der Waals surface area contributed by atoms with E-state index in [1.165, 1.54) is 43.0 Å². The molecule has 0 radical (unpaired) electrons. The number of hydrogen-bond donors (Lipinski definition) is 4. The topological polar surface area (TPSA) is 137 Å². The van der Waals surface area contributed by atoms with E-state index in [-0.39, 0.29) is 34.8 Å². The van der Waals surface area contributed by atoms with Crippen molar-refractivity contribution in [3.05, 3.63) is 82.2 Å². The summed E-state index contributed by atoms with van der Waals surface area (Å²) in [6.45, 7) is 0.132. The Morgan fingerprint density at radius 2 is 1.96 bits per heavy atom. The predicted molar refractivity (Wildman–Crippen MR) is 96.3 cm³/mol. The minimum Gasteiger partial charge on any atom is -0.505 e. The molecule has 3 aromatic heterocycles. The largest absolute Gasteiger partial charge is 0.505 e. The Bertz CT molecular complexity index is 1050. The molecular weight excluding hydrogens is 350 g/mol. The molecule has 0 aliphatic rings. The van der Waals surface area contributed by atoms with E-state index in [4.69, 9.17) is 0 Å². The van der Waals surface area contributed by atoms with Gasteiger partial charge in [-0.1, -0.05) is 0 Å². The van der Waals surface area contributed by atoms with Crippen LogP contribution in [0.4, 0.5) is 5.82 Å². The number of aromatic amines is 1. The van der Waals surface area contributed by atoms with Gasteiger partial charge in [-0.25, -0.2) is 9.97 Å². The minimum absolute atomic E-state index is 0.00529. The zero-order valence-electron chi connectivity index (χ0n) is 14.0. The highest BCUT2D eigenvalue weighted by Crippen LogP contribution is 2.15. The van der Waals surface area contributed by atoms with E-state index in [9.17, 15) is 19.5 Å². The quantitative estimate of drug-likeness (QED) is 0.533. The second kappa shape index (κ2) is 7.91. The number of aromatic nitrogens is 3. The summed E-state index contributed by atoms with van der Waals surface area (Å²) in [5.41, 5.74) is 0.155. The number of aromatic hydroxyl groups is 1. The van der Waals surface area contributed by atoms with Crippen LogP contribution in [0.5, 0.6) is 5.75 Å². The van der Waals surface area contributed by atoms with Gasteiger partial charge in [-0.15, -0.1) is 0 Å². The van der Waals surface area contributed by atoms with E-state index in [0.29, 0.717) is 5.56 Å². The van der Waals surface area contributed by atoms with Gasteiger partial charge in [0.05, 0.1) is 0 Å². The first-order chi connectivity index (χ1) is 13.0. The van der Waals surface area contributed by atoms with Gasteiger partial charge in [-0.3, -0.25) is 14.4 Å². The van der Waals surface area contributed by atoms with Crippen molar-refractivity contribution in [2.45, 2.75) is 6.54 Å². The molecule has 0 aliphatic heterocycles. The molecule has 0 bridgehead atoms. The average molecular weight is 365 g/mol. The Hall–Kier alpha value is -4.01. The Kier molecular flexibility index (Phi) is 5.22. The Morgan fingerprint density at radius 1 is 1.11 bits per heavy atom. The molecule has 2 amide bonds. The van der Waals surface area contributed by atoms with Crippen LogP contribution in [0.25, 0.3) is 0 Å². The van der Waals surface area contributed by atoms with Crippen molar-refractivity contribution in [3.63, 3.8) is 0 Å². The molecule has 0 spiro atoms. The number of nitrogens with one attached hydrogen (secondary N) is 3. The summed E-state index contributed by atoms with van der Waals surface area (Å²) in [5, 5.41) is 14.8. The Morgan fingerprint density at radius 3 is 2.74 bits per heavy atom. The molecular formula is C18H15N5O4. The molecule has 9 heteroatoms. The van der Waals surface area contributed by atoms with Gasteiger partial charge in [-0.2, -0.15) is 0 Å². The zero-order chi connectivity index (χ0) is 19.2. The number of rotatable bonds is 5. The van der Waals surface area contributed by atoms with Gasteiger partial charge in [0.25, 0.3) is 11.8 Å². The van der Waals surface area contributed by atoms with Gasteiger partial charge >= 0.3 is 0 Å². The lowest BCUT2D eigenvalue weighted by molar-refractivity contribution is 0.0948. The summed E-state index contributed by atoms with van der Waals surface area (Å²) in [7, 11) is 0. The molecule has 3 aromatic rings. The minimum atomic E-state index is -0.613. The van der Waals surface area contributed by atoms with Crippen molar-refractivity contribution >= 4 is 17.6 Å². The van der Waals surface area contributed by atoms with Crippen LogP contribution in [-0.4, -0.2) is 31.9 Å². The second-order valence-electron chi connectivity index (χ2n) is 5.48. The van der Waals surface area contributed by atoms with Crippen LogP contribution in [-0.2, 0) is 6.54 Å². The summed E-state index contributed by atoms with van der Waals surface area (Å²) in [5.74, 6) is -1.14. The van der Waals surface area contributed by atoms with E-state index >= 15 is 0 Å². The molecule has 4 N–H and O–H groups in total. The molecule has 0 saturated heterocycles. The Labute approximate surface area is 153 Å². The third-order valence-electron chi connectivity index (χ3n) is 3.59. The van der Waals surface area contributed by atoms with Crippen molar-refractivity contribution in [1.82, 2.24) is 20.3 Å². The Balaban J connectivity index is 1.66. The van der Waals surface area contributed by atoms with E-state index in [2.05, 4.69) is 25.6 Å². The van der Waals surface area contributed by atoms with Crippen LogP contribution in [0.15, 0.2) is 59.9 Å². The molecule has 0 aromatic carbocycles. The summed E-state index contributed by atoms with van der Waals surface area (Å²) < 4.78 is 0. The van der Waals surface area contributed by atoms with Crippen molar-refractivity contribution < 1.29 is 14.7 Å². The first kappa shape index (κ1) is 17.8. The summed E-state index contributed by atoms with van der Waals surface area (Å²) in [6, 6.07) is 7.34. The fourth-order valence-electron chi connectivity index (χ4n) is 2.27. The number of hydrogen-bond acceptors (Lipinski definition) is 6. The maximum Gasteiger partial charge on any atom is 0.279 e. The highest BCUT2D eigenvalue weighted by molar-refractivity contribution is 6.04. The van der Waals surface area contributed by atoms with E-state index in [0.717, 1.165) is 0 Å². The van der Waals surface area contributed by atoms with Crippen LogP contribution >= 0.6 is 0 Å². The van der Waals surface area contributed by atoms with Crippen molar-refractivity contribution in [2.24, 2.45) is 0 Å². The van der Waals surface area contributed by atoms with Gasteiger partial charge in [0, 0.05) is 37.4 Å². The highest BCUT2D eigenvalue weighted by atomic mass is 16.3.